The van der Waals surface area contributed by atoms with Gasteiger partial charge in [0.1, 0.15) is 0 Å². The molecule has 0 spiro atoms. The normalized spacial score (nSPS) is 12.2. The molecule has 0 bridgehead atoms. The molecule has 0 radical (unpaired) electrons. The van der Waals surface area contributed by atoms with Gasteiger partial charge < -0.3 is 9.84 Å². The maximum Gasteiger partial charge on any atom is 0.337 e. The average molecular weight is 228 g/mol. The Morgan fingerprint density at radius 3 is 3.06 bits per heavy atom. The number of aliphatic hydroxyl groups excluding tert-OH is 1. The maximum absolute atomic E-state index is 11.3. The van der Waals surface area contributed by atoms with Crippen LogP contribution in [0.2, 0.25) is 0 Å². The zero-order valence-electron chi connectivity index (χ0n) is 9.36. The van der Waals surface area contributed by atoms with Gasteiger partial charge in [-0.3, -0.25) is 10.1 Å². The third kappa shape index (κ3) is 4.26. The van der Waals surface area contributed by atoms with Gasteiger partial charge in [0.2, 0.25) is 11.9 Å². The molecule has 1 unspecified atom stereocenters. The second-order valence-electron chi connectivity index (χ2n) is 3.34. The number of aromatic nitrogens is 3. The van der Waals surface area contributed by atoms with Crippen molar-refractivity contribution in [3.8, 4) is 6.01 Å². The molecule has 0 aliphatic carbocycles. The number of amides is 1. The summed E-state index contributed by atoms with van der Waals surface area (Å²) in [6.45, 7) is 3.92. The molecule has 1 aromatic rings. The lowest BCUT2D eigenvalue weighted by molar-refractivity contribution is -0.116. The Kier molecular flexibility index (Phi) is 4.71. The van der Waals surface area contributed by atoms with Crippen LogP contribution in [-0.2, 0) is 4.79 Å². The smallest absolute Gasteiger partial charge is 0.337 e. The van der Waals surface area contributed by atoms with Gasteiger partial charge in [-0.1, -0.05) is 0 Å². The van der Waals surface area contributed by atoms with Crippen molar-refractivity contribution in [1.29, 1.82) is 0 Å². The number of carbonyl (C=O) groups is 1. The molecule has 0 saturated carbocycles. The van der Waals surface area contributed by atoms with Crippen LogP contribution in [0.5, 0.6) is 6.01 Å². The minimum atomic E-state index is -0.487. The molecule has 7 nitrogen and oxygen atoms in total. The van der Waals surface area contributed by atoms with Crippen LogP contribution < -0.4 is 10.1 Å². The highest BCUT2D eigenvalue weighted by Crippen LogP contribution is 2.06. The predicted molar refractivity (Wildman–Crippen MR) is 57.1 cm³/mol. The van der Waals surface area contributed by atoms with E-state index in [1.807, 2.05) is 6.92 Å². The molecule has 0 aromatic carbocycles. The zero-order valence-corrected chi connectivity index (χ0v) is 9.36. The Bertz CT molecular complexity index is 337. The van der Waals surface area contributed by atoms with E-state index in [4.69, 9.17) is 9.84 Å². The van der Waals surface area contributed by atoms with E-state index in [1.54, 1.807) is 6.92 Å². The first-order chi connectivity index (χ1) is 7.61. The van der Waals surface area contributed by atoms with E-state index in [9.17, 15) is 4.79 Å². The fraction of sp³-hybridized carbons (Fsp3) is 0.667. The van der Waals surface area contributed by atoms with E-state index in [-0.39, 0.29) is 24.3 Å². The van der Waals surface area contributed by atoms with E-state index in [0.29, 0.717) is 13.0 Å². The number of carbonyl (C=O) groups excluding carboxylic acids is 1. The molecule has 1 atom stereocenters. The van der Waals surface area contributed by atoms with E-state index >= 15 is 0 Å². The first-order valence-corrected chi connectivity index (χ1v) is 5.15. The SMILES string of the molecule is CCOc1n[nH]c(NC(=O)CCC(C)O)n1. The Morgan fingerprint density at radius 1 is 1.69 bits per heavy atom. The van der Waals surface area contributed by atoms with Crippen molar-refractivity contribution in [1.82, 2.24) is 15.2 Å². The lowest BCUT2D eigenvalue weighted by atomic mass is 10.2. The molecule has 7 heteroatoms. The summed E-state index contributed by atoms with van der Waals surface area (Å²) in [4.78, 5) is 15.2. The first-order valence-electron chi connectivity index (χ1n) is 5.15. The van der Waals surface area contributed by atoms with Crippen molar-refractivity contribution in [3.05, 3.63) is 0 Å². The Hall–Kier alpha value is -1.63. The van der Waals surface area contributed by atoms with Crippen LogP contribution >= 0.6 is 0 Å². The first kappa shape index (κ1) is 12.4. The van der Waals surface area contributed by atoms with Gasteiger partial charge in [0.15, 0.2) is 0 Å². The van der Waals surface area contributed by atoms with Crippen molar-refractivity contribution >= 4 is 11.9 Å². The number of aromatic amines is 1. The van der Waals surface area contributed by atoms with E-state index in [2.05, 4.69) is 20.5 Å². The zero-order chi connectivity index (χ0) is 12.0. The Balaban J connectivity index is 2.37. The van der Waals surface area contributed by atoms with Crippen LogP contribution in [0, 0.1) is 0 Å². The third-order valence-electron chi connectivity index (χ3n) is 1.79. The Morgan fingerprint density at radius 2 is 2.44 bits per heavy atom. The lowest BCUT2D eigenvalue weighted by Gasteiger charge is -2.03. The summed E-state index contributed by atoms with van der Waals surface area (Å²) in [5, 5.41) is 17.8. The maximum atomic E-state index is 11.3. The van der Waals surface area contributed by atoms with Gasteiger partial charge in [0.05, 0.1) is 12.7 Å². The number of anilines is 1. The molecule has 1 rings (SSSR count). The molecule has 0 fully saturated rings. The Labute approximate surface area is 93.2 Å². The summed E-state index contributed by atoms with van der Waals surface area (Å²) < 4.78 is 5.02. The molecule has 16 heavy (non-hydrogen) atoms. The highest BCUT2D eigenvalue weighted by Gasteiger charge is 2.08. The summed E-state index contributed by atoms with van der Waals surface area (Å²) in [6.07, 6.45) is 0.167. The van der Waals surface area contributed by atoms with Gasteiger partial charge in [0, 0.05) is 6.42 Å². The van der Waals surface area contributed by atoms with E-state index in [1.165, 1.54) is 0 Å². The fourth-order valence-electron chi connectivity index (χ4n) is 1.03. The lowest BCUT2D eigenvalue weighted by Crippen LogP contribution is -2.14. The van der Waals surface area contributed by atoms with Crippen LogP contribution in [0.15, 0.2) is 0 Å². The molecule has 1 heterocycles. The third-order valence-corrected chi connectivity index (χ3v) is 1.79. The summed E-state index contributed by atoms with van der Waals surface area (Å²) in [7, 11) is 0. The van der Waals surface area contributed by atoms with Crippen molar-refractivity contribution < 1.29 is 14.6 Å². The van der Waals surface area contributed by atoms with Gasteiger partial charge in [0.25, 0.3) is 0 Å². The largest absolute Gasteiger partial charge is 0.463 e. The molecule has 90 valence electrons. The molecule has 1 amide bonds. The van der Waals surface area contributed by atoms with Gasteiger partial charge in [-0.2, -0.15) is 4.98 Å². The predicted octanol–water partition coefficient (Wildman–Crippen LogP) is 0.303. The monoisotopic (exact) mass is 228 g/mol. The van der Waals surface area contributed by atoms with Crippen molar-refractivity contribution in [2.45, 2.75) is 32.8 Å². The summed E-state index contributed by atoms with van der Waals surface area (Å²) >= 11 is 0. The number of H-pyrrole nitrogens is 1. The second kappa shape index (κ2) is 6.06. The van der Waals surface area contributed by atoms with Crippen LogP contribution in [0.25, 0.3) is 0 Å². The fourth-order valence-corrected chi connectivity index (χ4v) is 1.03. The van der Waals surface area contributed by atoms with Gasteiger partial charge >= 0.3 is 6.01 Å². The van der Waals surface area contributed by atoms with Gasteiger partial charge in [-0.05, 0) is 20.3 Å². The van der Waals surface area contributed by atoms with Crippen molar-refractivity contribution in [2.24, 2.45) is 0 Å². The minimum Gasteiger partial charge on any atom is -0.463 e. The number of nitrogens with one attached hydrogen (secondary N) is 2. The van der Waals surface area contributed by atoms with Crippen LogP contribution in [0.3, 0.4) is 0 Å². The minimum absolute atomic E-state index is 0.202. The van der Waals surface area contributed by atoms with Crippen LogP contribution in [-0.4, -0.2) is 38.9 Å². The van der Waals surface area contributed by atoms with Crippen molar-refractivity contribution in [2.75, 3.05) is 11.9 Å². The van der Waals surface area contributed by atoms with E-state index in [0.717, 1.165) is 0 Å². The number of hydrogen-bond donors (Lipinski definition) is 3. The van der Waals surface area contributed by atoms with E-state index < -0.39 is 6.10 Å². The average Bonchev–Trinajstić information content (AvgIpc) is 2.63. The highest BCUT2D eigenvalue weighted by atomic mass is 16.5. The van der Waals surface area contributed by atoms with Crippen LogP contribution in [0.1, 0.15) is 26.7 Å². The number of ether oxygens (including phenoxy) is 1. The molecule has 0 aliphatic heterocycles. The molecule has 3 N–H and O–H groups in total. The number of aliphatic hydroxyl groups is 1. The van der Waals surface area contributed by atoms with Crippen LogP contribution in [0.4, 0.5) is 5.95 Å². The number of hydrogen-bond acceptors (Lipinski definition) is 5. The molecular weight excluding hydrogens is 212 g/mol. The van der Waals surface area contributed by atoms with Crippen molar-refractivity contribution in [3.63, 3.8) is 0 Å². The highest BCUT2D eigenvalue weighted by molar-refractivity contribution is 5.88. The molecule has 0 aliphatic rings. The van der Waals surface area contributed by atoms with Gasteiger partial charge in [-0.15, -0.1) is 5.10 Å². The molecule has 0 saturated heterocycles. The van der Waals surface area contributed by atoms with Gasteiger partial charge in [-0.25, -0.2) is 5.10 Å². The number of nitrogens with zero attached hydrogens (tertiary/aromatic N) is 2. The molecular formula is C9H16N4O3. The molecule has 1 aromatic heterocycles. The summed E-state index contributed by atoms with van der Waals surface area (Å²) in [5.74, 6) is 0.0270. The summed E-state index contributed by atoms with van der Waals surface area (Å²) in [6, 6.07) is 0.202. The topological polar surface area (TPSA) is 100 Å². The second-order valence-corrected chi connectivity index (χ2v) is 3.34. The number of rotatable bonds is 6. The summed E-state index contributed by atoms with van der Waals surface area (Å²) in [5.41, 5.74) is 0. The quantitative estimate of drug-likeness (QED) is 0.650. The standard InChI is InChI=1S/C9H16N4O3/c1-3-16-9-11-8(12-13-9)10-7(15)5-4-6(2)14/h6,14H,3-5H2,1-2H3,(H2,10,11,12,13,15).